The molecule has 5 nitrogen and oxygen atoms in total. The number of rotatable bonds is 4. The molecule has 20 heavy (non-hydrogen) atoms. The molecule has 1 unspecified atom stereocenters. The van der Waals surface area contributed by atoms with Crippen molar-refractivity contribution in [3.63, 3.8) is 0 Å². The van der Waals surface area contributed by atoms with Crippen molar-refractivity contribution >= 4 is 10.0 Å². The van der Waals surface area contributed by atoms with Crippen molar-refractivity contribution in [1.29, 1.82) is 0 Å². The van der Waals surface area contributed by atoms with Crippen molar-refractivity contribution in [2.24, 2.45) is 0 Å². The lowest BCUT2D eigenvalue weighted by molar-refractivity contribution is -0.00279. The smallest absolute Gasteiger partial charge is 0.243 e. The minimum absolute atomic E-state index is 0.0418. The molecule has 1 N–H and O–H groups in total. The molecule has 1 aromatic rings. The van der Waals surface area contributed by atoms with Crippen molar-refractivity contribution in [2.45, 2.75) is 37.9 Å². The van der Waals surface area contributed by atoms with E-state index in [1.807, 2.05) is 6.92 Å². The highest BCUT2D eigenvalue weighted by Crippen LogP contribution is 2.24. The summed E-state index contributed by atoms with van der Waals surface area (Å²) in [6.45, 7) is 4.75. The predicted molar refractivity (Wildman–Crippen MR) is 75.9 cm³/mol. The van der Waals surface area contributed by atoms with Crippen LogP contribution in [-0.2, 0) is 21.4 Å². The third-order valence-corrected chi connectivity index (χ3v) is 5.75. The highest BCUT2D eigenvalue weighted by molar-refractivity contribution is 7.89. The van der Waals surface area contributed by atoms with E-state index in [0.717, 1.165) is 6.42 Å². The van der Waals surface area contributed by atoms with Gasteiger partial charge in [-0.2, -0.15) is 4.31 Å². The van der Waals surface area contributed by atoms with Gasteiger partial charge in [0.05, 0.1) is 24.2 Å². The molecule has 0 radical (unpaired) electrons. The number of sulfonamides is 1. The third-order valence-electron chi connectivity index (χ3n) is 3.74. The van der Waals surface area contributed by atoms with Crippen molar-refractivity contribution in [1.82, 2.24) is 4.31 Å². The van der Waals surface area contributed by atoms with Gasteiger partial charge in [0.15, 0.2) is 0 Å². The molecule has 0 spiro atoms. The first-order valence-corrected chi connectivity index (χ1v) is 8.25. The topological polar surface area (TPSA) is 66.8 Å². The first kappa shape index (κ1) is 15.4. The molecular weight excluding hydrogens is 278 g/mol. The number of hydrogen-bond acceptors (Lipinski definition) is 4. The second kappa shape index (κ2) is 6.22. The standard InChI is InChI=1S/C14H21NO4S/c1-3-13-9-15(7-8-19-13)20(17,18)14-6-4-5-12(10-16)11(14)2/h4-6,13,16H,3,7-10H2,1-2H3. The fraction of sp³-hybridized carbons (Fsp3) is 0.571. The summed E-state index contributed by atoms with van der Waals surface area (Å²) >= 11 is 0. The SMILES string of the molecule is CCC1CN(S(=O)(=O)c2cccc(CO)c2C)CCO1. The van der Waals surface area contributed by atoms with Gasteiger partial charge in [-0.1, -0.05) is 19.1 Å². The lowest BCUT2D eigenvalue weighted by Gasteiger charge is -2.32. The van der Waals surface area contributed by atoms with Crippen LogP contribution in [0.1, 0.15) is 24.5 Å². The number of aliphatic hydroxyl groups excluding tert-OH is 1. The zero-order chi connectivity index (χ0) is 14.8. The molecule has 0 amide bonds. The molecule has 2 rings (SSSR count). The van der Waals surface area contributed by atoms with Crippen LogP contribution in [0.3, 0.4) is 0 Å². The van der Waals surface area contributed by atoms with Gasteiger partial charge in [-0.25, -0.2) is 8.42 Å². The van der Waals surface area contributed by atoms with Crippen LogP contribution in [0, 0.1) is 6.92 Å². The summed E-state index contributed by atoms with van der Waals surface area (Å²) in [4.78, 5) is 0.279. The molecule has 6 heteroatoms. The maximum Gasteiger partial charge on any atom is 0.243 e. The van der Waals surface area contributed by atoms with Crippen molar-refractivity contribution in [3.05, 3.63) is 29.3 Å². The van der Waals surface area contributed by atoms with Gasteiger partial charge >= 0.3 is 0 Å². The Morgan fingerprint density at radius 3 is 2.85 bits per heavy atom. The molecule has 112 valence electrons. The summed E-state index contributed by atoms with van der Waals surface area (Å²) in [5.74, 6) is 0. The first-order valence-electron chi connectivity index (χ1n) is 6.81. The number of morpholine rings is 1. The monoisotopic (exact) mass is 299 g/mol. The summed E-state index contributed by atoms with van der Waals surface area (Å²) in [7, 11) is -3.53. The average molecular weight is 299 g/mol. The van der Waals surface area contributed by atoms with Crippen LogP contribution in [0.25, 0.3) is 0 Å². The Balaban J connectivity index is 2.35. The molecule has 1 heterocycles. The van der Waals surface area contributed by atoms with E-state index in [2.05, 4.69) is 0 Å². The van der Waals surface area contributed by atoms with Gasteiger partial charge in [0.25, 0.3) is 0 Å². The number of hydrogen-bond donors (Lipinski definition) is 1. The Labute approximate surface area is 120 Å². The Morgan fingerprint density at radius 1 is 1.45 bits per heavy atom. The number of ether oxygens (including phenoxy) is 1. The maximum atomic E-state index is 12.7. The van der Waals surface area contributed by atoms with Crippen LogP contribution in [0.4, 0.5) is 0 Å². The predicted octanol–water partition coefficient (Wildman–Crippen LogP) is 1.29. The van der Waals surface area contributed by atoms with Crippen LogP contribution < -0.4 is 0 Å². The second-order valence-electron chi connectivity index (χ2n) is 4.96. The molecule has 0 saturated carbocycles. The van der Waals surface area contributed by atoms with E-state index in [4.69, 9.17) is 4.74 Å². The van der Waals surface area contributed by atoms with E-state index in [9.17, 15) is 13.5 Å². The van der Waals surface area contributed by atoms with E-state index in [1.54, 1.807) is 25.1 Å². The van der Waals surface area contributed by atoms with Crippen LogP contribution in [-0.4, -0.2) is 43.6 Å². The Hall–Kier alpha value is -0.950. The van der Waals surface area contributed by atoms with Gasteiger partial charge < -0.3 is 9.84 Å². The quantitative estimate of drug-likeness (QED) is 0.909. The highest BCUT2D eigenvalue weighted by atomic mass is 32.2. The summed E-state index contributed by atoms with van der Waals surface area (Å²) < 4.78 is 32.5. The van der Waals surface area contributed by atoms with Gasteiger partial charge in [-0.05, 0) is 30.5 Å². The number of nitrogens with zero attached hydrogens (tertiary/aromatic N) is 1. The zero-order valence-corrected chi connectivity index (χ0v) is 12.7. The summed E-state index contributed by atoms with van der Waals surface area (Å²) in [6, 6.07) is 5.01. The second-order valence-corrected chi connectivity index (χ2v) is 6.87. The molecule has 1 aromatic carbocycles. The van der Waals surface area contributed by atoms with Crippen molar-refractivity contribution < 1.29 is 18.3 Å². The molecule has 1 aliphatic rings. The molecule has 0 bridgehead atoms. The van der Waals surface area contributed by atoms with E-state index >= 15 is 0 Å². The zero-order valence-electron chi connectivity index (χ0n) is 11.9. The van der Waals surface area contributed by atoms with E-state index in [-0.39, 0.29) is 17.6 Å². The molecule has 1 saturated heterocycles. The first-order chi connectivity index (χ1) is 9.50. The number of benzene rings is 1. The van der Waals surface area contributed by atoms with E-state index in [0.29, 0.717) is 30.8 Å². The molecule has 0 aliphatic carbocycles. The van der Waals surface area contributed by atoms with Gasteiger partial charge in [-0.15, -0.1) is 0 Å². The largest absolute Gasteiger partial charge is 0.392 e. The van der Waals surface area contributed by atoms with Gasteiger partial charge in [0, 0.05) is 13.1 Å². The summed E-state index contributed by atoms with van der Waals surface area (Å²) in [5.41, 5.74) is 1.26. The van der Waals surface area contributed by atoms with Crippen LogP contribution in [0.5, 0.6) is 0 Å². The summed E-state index contributed by atoms with van der Waals surface area (Å²) in [6.07, 6.45) is 0.752. The fourth-order valence-electron chi connectivity index (χ4n) is 2.41. The molecule has 1 fully saturated rings. The third kappa shape index (κ3) is 2.88. The van der Waals surface area contributed by atoms with Crippen LogP contribution in [0.2, 0.25) is 0 Å². The van der Waals surface area contributed by atoms with Gasteiger partial charge in [-0.3, -0.25) is 0 Å². The van der Waals surface area contributed by atoms with Crippen LogP contribution >= 0.6 is 0 Å². The Bertz CT molecular complexity index is 571. The normalized spacial score (nSPS) is 21.1. The van der Waals surface area contributed by atoms with E-state index in [1.165, 1.54) is 4.31 Å². The minimum atomic E-state index is -3.53. The van der Waals surface area contributed by atoms with Crippen LogP contribution in [0.15, 0.2) is 23.1 Å². The lowest BCUT2D eigenvalue weighted by atomic mass is 10.1. The number of aliphatic hydroxyl groups is 1. The molecule has 1 aliphatic heterocycles. The van der Waals surface area contributed by atoms with Crippen molar-refractivity contribution in [2.75, 3.05) is 19.7 Å². The average Bonchev–Trinajstić information content (AvgIpc) is 2.47. The lowest BCUT2D eigenvalue weighted by Crippen LogP contribution is -2.45. The highest BCUT2D eigenvalue weighted by Gasteiger charge is 2.31. The maximum absolute atomic E-state index is 12.7. The fourth-order valence-corrected chi connectivity index (χ4v) is 4.13. The van der Waals surface area contributed by atoms with Crippen molar-refractivity contribution in [3.8, 4) is 0 Å². The van der Waals surface area contributed by atoms with Gasteiger partial charge in [0.2, 0.25) is 10.0 Å². The Kier molecular flexibility index (Phi) is 4.80. The van der Waals surface area contributed by atoms with Gasteiger partial charge in [0.1, 0.15) is 0 Å². The Morgan fingerprint density at radius 2 is 2.20 bits per heavy atom. The summed E-state index contributed by atoms with van der Waals surface area (Å²) in [5, 5.41) is 9.27. The van der Waals surface area contributed by atoms with E-state index < -0.39 is 10.0 Å². The minimum Gasteiger partial charge on any atom is -0.392 e. The molecular formula is C14H21NO4S. The molecule has 1 atom stereocenters. The molecule has 0 aromatic heterocycles.